The van der Waals surface area contributed by atoms with Gasteiger partial charge in [-0.05, 0) is 47.1 Å². The van der Waals surface area contributed by atoms with Gasteiger partial charge in [0.05, 0.1) is 0 Å². The van der Waals surface area contributed by atoms with Gasteiger partial charge in [-0.2, -0.15) is 0 Å². The number of hydrogen-bond acceptors (Lipinski definition) is 3. The van der Waals surface area contributed by atoms with Gasteiger partial charge in [-0.25, -0.2) is 0 Å². The highest BCUT2D eigenvalue weighted by atomic mass is 127. The van der Waals surface area contributed by atoms with Gasteiger partial charge in [0.1, 0.15) is 0 Å². The summed E-state index contributed by atoms with van der Waals surface area (Å²) in [6.07, 6.45) is 1.97. The lowest BCUT2D eigenvalue weighted by atomic mass is 10.3. The molecule has 0 aromatic rings. The molecule has 140 valence electrons. The molecular formula is C16H39IO3Si3. The molecule has 0 aliphatic carbocycles. The zero-order chi connectivity index (χ0) is 18.0. The Bertz CT molecular complexity index is 272. The summed E-state index contributed by atoms with van der Waals surface area (Å²) in [5.41, 5.74) is 0. The molecule has 0 spiro atoms. The van der Waals surface area contributed by atoms with Gasteiger partial charge in [-0.3, -0.25) is 0 Å². The Labute approximate surface area is 163 Å². The minimum Gasteiger partial charge on any atom is -0.382 e. The first-order chi connectivity index (χ1) is 10.9. The van der Waals surface area contributed by atoms with Gasteiger partial charge in [0.25, 0.3) is 5.97 Å². The second kappa shape index (κ2) is 11.8. The van der Waals surface area contributed by atoms with Crippen LogP contribution in [0.1, 0.15) is 54.4 Å². The van der Waals surface area contributed by atoms with Crippen molar-refractivity contribution in [2.45, 2.75) is 96.6 Å². The molecule has 0 heterocycles. The summed E-state index contributed by atoms with van der Waals surface area (Å²) in [4.78, 5) is 0. The molecule has 0 unspecified atom stereocenters. The van der Waals surface area contributed by atoms with Crippen LogP contribution >= 0.6 is 22.6 Å². The van der Waals surface area contributed by atoms with Crippen LogP contribution < -0.4 is 0 Å². The molecule has 0 bridgehead atoms. The molecule has 0 amide bonds. The molecular weight excluding hydrogens is 451 g/mol. The Morgan fingerprint density at radius 3 is 1.35 bits per heavy atom. The minimum atomic E-state index is -1.77. The fourth-order valence-electron chi connectivity index (χ4n) is 3.18. The van der Waals surface area contributed by atoms with E-state index in [2.05, 4.69) is 64.1 Å². The third-order valence-corrected chi connectivity index (χ3v) is 16.1. The zero-order valence-corrected chi connectivity index (χ0v) is 22.6. The van der Waals surface area contributed by atoms with Crippen molar-refractivity contribution in [1.29, 1.82) is 0 Å². The first kappa shape index (κ1) is 24.3. The van der Waals surface area contributed by atoms with Gasteiger partial charge in [0.2, 0.25) is 0 Å². The molecule has 0 atom stereocenters. The zero-order valence-electron chi connectivity index (χ0n) is 16.5. The monoisotopic (exact) mass is 490 g/mol. The van der Waals surface area contributed by atoms with Gasteiger partial charge in [0.15, 0.2) is 27.1 Å². The maximum atomic E-state index is 6.85. The van der Waals surface area contributed by atoms with E-state index in [-0.39, 0.29) is 0 Å². The maximum absolute atomic E-state index is 6.85. The van der Waals surface area contributed by atoms with Crippen LogP contribution in [0, 0.1) is 0 Å². The summed E-state index contributed by atoms with van der Waals surface area (Å²) in [6, 6.07) is 6.83. The topological polar surface area (TPSA) is 27.7 Å². The molecule has 0 aromatic heterocycles. The summed E-state index contributed by atoms with van der Waals surface area (Å²) in [5, 5.41) is 0. The fourth-order valence-corrected chi connectivity index (χ4v) is 9.99. The Morgan fingerprint density at radius 1 is 0.783 bits per heavy atom. The van der Waals surface area contributed by atoms with Gasteiger partial charge in [-0.15, -0.1) is 0 Å². The predicted octanol–water partition coefficient (Wildman–Crippen LogP) is 5.20. The largest absolute Gasteiger partial charge is 0.382 e. The molecule has 0 N–H and O–H groups in total. The second-order valence-electron chi connectivity index (χ2n) is 6.37. The van der Waals surface area contributed by atoms with E-state index in [1.54, 1.807) is 0 Å². The standard InChI is InChI=1S/C16H39IO3Si3/c1-7-22(8-2,9-3)19-16(18-21,14-13-15-17)20-23(10-4,11-5)12-6/h7-15H2,1-6,21H3. The Morgan fingerprint density at radius 2 is 1.13 bits per heavy atom. The molecule has 0 fully saturated rings. The Kier molecular flexibility index (Phi) is 12.4. The lowest BCUT2D eigenvalue weighted by molar-refractivity contribution is -0.269. The van der Waals surface area contributed by atoms with Crippen molar-refractivity contribution in [3.8, 4) is 0 Å². The normalized spacial score (nSPS) is 13.7. The summed E-state index contributed by atoms with van der Waals surface area (Å²) < 4.78 is 20.9. The van der Waals surface area contributed by atoms with Gasteiger partial charge in [0, 0.05) is 6.42 Å². The highest BCUT2D eigenvalue weighted by Crippen LogP contribution is 2.37. The van der Waals surface area contributed by atoms with Crippen molar-refractivity contribution in [3.63, 3.8) is 0 Å². The quantitative estimate of drug-likeness (QED) is 0.145. The fraction of sp³-hybridized carbons (Fsp3) is 1.00. The van der Waals surface area contributed by atoms with Crippen molar-refractivity contribution in [2.75, 3.05) is 4.43 Å². The summed E-state index contributed by atoms with van der Waals surface area (Å²) in [5.74, 6) is -0.750. The van der Waals surface area contributed by atoms with E-state index < -0.39 is 22.6 Å². The first-order valence-electron chi connectivity index (χ1n) is 9.41. The van der Waals surface area contributed by atoms with E-state index in [1.165, 1.54) is 0 Å². The van der Waals surface area contributed by atoms with Crippen LogP contribution in [-0.4, -0.2) is 37.5 Å². The average molecular weight is 491 g/mol. The van der Waals surface area contributed by atoms with Crippen molar-refractivity contribution in [3.05, 3.63) is 0 Å². The lowest BCUT2D eigenvalue weighted by Crippen LogP contribution is -2.56. The molecule has 0 aromatic carbocycles. The number of rotatable bonds is 14. The van der Waals surface area contributed by atoms with Gasteiger partial charge < -0.3 is 13.3 Å². The van der Waals surface area contributed by atoms with Crippen LogP contribution in [0.15, 0.2) is 0 Å². The number of halogens is 1. The van der Waals surface area contributed by atoms with Gasteiger partial charge >= 0.3 is 0 Å². The van der Waals surface area contributed by atoms with Crippen molar-refractivity contribution < 1.29 is 13.3 Å². The molecule has 3 nitrogen and oxygen atoms in total. The van der Waals surface area contributed by atoms with Crippen LogP contribution in [-0.2, 0) is 13.3 Å². The summed E-state index contributed by atoms with van der Waals surface area (Å²) in [6.45, 7) is 13.7. The highest BCUT2D eigenvalue weighted by molar-refractivity contribution is 14.1. The molecule has 7 heteroatoms. The predicted molar refractivity (Wildman–Crippen MR) is 118 cm³/mol. The SMILES string of the molecule is CC[Si](CC)(CC)OC(CCCI)(O[SiH3])O[Si](CC)(CC)CC. The van der Waals surface area contributed by atoms with Crippen molar-refractivity contribution in [1.82, 2.24) is 0 Å². The van der Waals surface area contributed by atoms with Crippen LogP contribution in [0.25, 0.3) is 0 Å². The average Bonchev–Trinajstić information content (AvgIpc) is 2.62. The third kappa shape index (κ3) is 6.82. The van der Waals surface area contributed by atoms with Crippen LogP contribution in [0.3, 0.4) is 0 Å². The Balaban J connectivity index is 5.61. The van der Waals surface area contributed by atoms with E-state index in [0.29, 0.717) is 10.5 Å². The highest BCUT2D eigenvalue weighted by Gasteiger charge is 2.46. The molecule has 0 radical (unpaired) electrons. The van der Waals surface area contributed by atoms with Gasteiger partial charge in [-0.1, -0.05) is 64.1 Å². The smallest absolute Gasteiger partial charge is 0.253 e. The van der Waals surface area contributed by atoms with Crippen molar-refractivity contribution >= 4 is 49.7 Å². The molecule has 23 heavy (non-hydrogen) atoms. The van der Waals surface area contributed by atoms with E-state index in [9.17, 15) is 0 Å². The number of hydrogen-bond donors (Lipinski definition) is 0. The molecule has 0 saturated heterocycles. The summed E-state index contributed by atoms with van der Waals surface area (Å²) >= 11 is 2.44. The van der Waals surface area contributed by atoms with E-state index in [0.717, 1.165) is 53.5 Å². The van der Waals surface area contributed by atoms with E-state index in [1.807, 2.05) is 0 Å². The molecule has 0 rings (SSSR count). The Hall–Kier alpha value is 1.26. The maximum Gasteiger partial charge on any atom is 0.253 e. The molecule has 0 aliphatic heterocycles. The van der Waals surface area contributed by atoms with E-state index >= 15 is 0 Å². The second-order valence-corrected chi connectivity index (χ2v) is 17.2. The first-order valence-corrected chi connectivity index (χ1v) is 16.8. The third-order valence-electron chi connectivity index (χ3n) is 5.54. The van der Waals surface area contributed by atoms with Crippen LogP contribution in [0.5, 0.6) is 0 Å². The molecule has 0 aliphatic rings. The van der Waals surface area contributed by atoms with Crippen LogP contribution in [0.2, 0.25) is 36.3 Å². The van der Waals surface area contributed by atoms with Crippen molar-refractivity contribution in [2.24, 2.45) is 0 Å². The van der Waals surface area contributed by atoms with E-state index in [4.69, 9.17) is 13.3 Å². The van der Waals surface area contributed by atoms with Crippen LogP contribution in [0.4, 0.5) is 0 Å². The lowest BCUT2D eigenvalue weighted by Gasteiger charge is -2.46. The molecule has 0 saturated carbocycles. The summed E-state index contributed by atoms with van der Waals surface area (Å²) in [7, 11) is -2.88. The number of alkyl halides is 1. The minimum absolute atomic E-state index is 0.657.